The molecule has 0 unspecified atom stereocenters. The summed E-state index contributed by atoms with van der Waals surface area (Å²) in [5, 5.41) is 0. The molecule has 1 aliphatic rings. The maximum absolute atomic E-state index is 12.9. The molecule has 156 valence electrons. The Morgan fingerprint density at radius 1 is 1.10 bits per heavy atom. The summed E-state index contributed by atoms with van der Waals surface area (Å²) in [5.41, 5.74) is 0.919. The van der Waals surface area contributed by atoms with Gasteiger partial charge >= 0.3 is 6.18 Å². The van der Waals surface area contributed by atoms with E-state index in [1.807, 2.05) is 23.1 Å². The first-order valence-corrected chi connectivity index (χ1v) is 10.1. The molecule has 3 rings (SSSR count). The number of piperazine rings is 1. The van der Waals surface area contributed by atoms with E-state index in [2.05, 4.69) is 15.9 Å². The Hall–Kier alpha value is -2.22. The summed E-state index contributed by atoms with van der Waals surface area (Å²) in [6.07, 6.45) is -3.35. The quantitative estimate of drug-likeness (QED) is 0.631. The summed E-state index contributed by atoms with van der Waals surface area (Å²) in [5.74, 6) is 0.798. The lowest BCUT2D eigenvalue weighted by Gasteiger charge is -2.36. The van der Waals surface area contributed by atoms with Crippen molar-refractivity contribution < 1.29 is 22.7 Å². The minimum atomic E-state index is -4.36. The highest BCUT2D eigenvalue weighted by molar-refractivity contribution is 9.10. The van der Waals surface area contributed by atoms with Gasteiger partial charge in [-0.05, 0) is 58.2 Å². The Bertz CT molecular complexity index is 865. The van der Waals surface area contributed by atoms with Crippen LogP contribution in [0.15, 0.2) is 46.9 Å². The molecule has 1 saturated heterocycles. The van der Waals surface area contributed by atoms with E-state index < -0.39 is 11.7 Å². The van der Waals surface area contributed by atoms with Gasteiger partial charge in [0.15, 0.2) is 0 Å². The summed E-state index contributed by atoms with van der Waals surface area (Å²) in [7, 11) is 1.60. The Morgan fingerprint density at radius 3 is 2.45 bits per heavy atom. The number of halogens is 4. The summed E-state index contributed by atoms with van der Waals surface area (Å²) in [4.78, 5) is 16.2. The van der Waals surface area contributed by atoms with Crippen LogP contribution in [0.3, 0.4) is 0 Å². The molecule has 2 aromatic carbocycles. The Balaban J connectivity index is 1.53. The third kappa shape index (κ3) is 5.44. The standard InChI is InChI=1S/C21H22BrF3N2O2/c1-29-19-7-5-15(13-18(19)22)6-8-20(28)27-11-9-26(10-12-27)17-4-2-3-16(14-17)21(23,24)25/h2-5,7,13-14H,6,8-12H2,1H3. The number of amides is 1. The van der Waals surface area contributed by atoms with Crippen molar-refractivity contribution in [1.29, 1.82) is 0 Å². The molecular formula is C21H22BrF3N2O2. The number of benzene rings is 2. The van der Waals surface area contributed by atoms with E-state index in [0.29, 0.717) is 44.7 Å². The molecule has 0 spiro atoms. The zero-order chi connectivity index (χ0) is 21.0. The van der Waals surface area contributed by atoms with Crippen LogP contribution in [0.5, 0.6) is 5.75 Å². The average molecular weight is 471 g/mol. The van der Waals surface area contributed by atoms with Crippen LogP contribution < -0.4 is 9.64 Å². The van der Waals surface area contributed by atoms with Crippen molar-refractivity contribution in [1.82, 2.24) is 4.90 Å². The third-order valence-electron chi connectivity index (χ3n) is 5.01. The second kappa shape index (κ2) is 9.07. The molecule has 2 aromatic rings. The van der Waals surface area contributed by atoms with Gasteiger partial charge in [-0.15, -0.1) is 0 Å². The van der Waals surface area contributed by atoms with Crippen molar-refractivity contribution in [2.75, 3.05) is 38.2 Å². The number of rotatable bonds is 5. The molecule has 0 aliphatic carbocycles. The van der Waals surface area contributed by atoms with Gasteiger partial charge in [0.2, 0.25) is 5.91 Å². The molecular weight excluding hydrogens is 449 g/mol. The largest absolute Gasteiger partial charge is 0.496 e. The lowest BCUT2D eigenvalue weighted by atomic mass is 10.1. The van der Waals surface area contributed by atoms with Crippen LogP contribution in [0.1, 0.15) is 17.5 Å². The second-order valence-electron chi connectivity index (χ2n) is 6.88. The molecule has 1 aliphatic heterocycles. The molecule has 4 nitrogen and oxygen atoms in total. The number of carbonyl (C=O) groups is 1. The fourth-order valence-corrected chi connectivity index (χ4v) is 3.96. The number of methoxy groups -OCH3 is 1. The minimum Gasteiger partial charge on any atom is -0.496 e. The maximum atomic E-state index is 12.9. The molecule has 29 heavy (non-hydrogen) atoms. The van der Waals surface area contributed by atoms with Crippen LogP contribution in [0.4, 0.5) is 18.9 Å². The van der Waals surface area contributed by atoms with Crippen molar-refractivity contribution >= 4 is 27.5 Å². The second-order valence-corrected chi connectivity index (χ2v) is 7.74. The molecule has 1 heterocycles. The van der Waals surface area contributed by atoms with E-state index in [1.54, 1.807) is 18.1 Å². The van der Waals surface area contributed by atoms with Gasteiger partial charge < -0.3 is 14.5 Å². The van der Waals surface area contributed by atoms with Crippen molar-refractivity contribution in [3.05, 3.63) is 58.1 Å². The van der Waals surface area contributed by atoms with Gasteiger partial charge in [0.1, 0.15) is 5.75 Å². The third-order valence-corrected chi connectivity index (χ3v) is 5.63. The van der Waals surface area contributed by atoms with Crippen molar-refractivity contribution in [2.24, 2.45) is 0 Å². The summed E-state index contributed by atoms with van der Waals surface area (Å²) in [6, 6.07) is 11.1. The monoisotopic (exact) mass is 470 g/mol. The number of anilines is 1. The number of aryl methyl sites for hydroxylation is 1. The number of ether oxygens (including phenoxy) is 1. The van der Waals surface area contributed by atoms with E-state index >= 15 is 0 Å². The first-order valence-electron chi connectivity index (χ1n) is 9.30. The minimum absolute atomic E-state index is 0.0561. The smallest absolute Gasteiger partial charge is 0.416 e. The Labute approximate surface area is 176 Å². The van der Waals surface area contributed by atoms with Crippen LogP contribution in [-0.4, -0.2) is 44.1 Å². The molecule has 8 heteroatoms. The van der Waals surface area contributed by atoms with Gasteiger partial charge in [-0.2, -0.15) is 13.2 Å². The molecule has 0 atom stereocenters. The van der Waals surface area contributed by atoms with Gasteiger partial charge in [0, 0.05) is 38.3 Å². The van der Waals surface area contributed by atoms with Gasteiger partial charge in [-0.3, -0.25) is 4.79 Å². The summed E-state index contributed by atoms with van der Waals surface area (Å²) < 4.78 is 44.8. The fraction of sp³-hybridized carbons (Fsp3) is 0.381. The average Bonchev–Trinajstić information content (AvgIpc) is 2.71. The highest BCUT2D eigenvalue weighted by Crippen LogP contribution is 2.32. The highest BCUT2D eigenvalue weighted by Gasteiger charge is 2.31. The van der Waals surface area contributed by atoms with Gasteiger partial charge in [0.05, 0.1) is 17.1 Å². The van der Waals surface area contributed by atoms with E-state index in [-0.39, 0.29) is 5.91 Å². The van der Waals surface area contributed by atoms with Crippen LogP contribution in [-0.2, 0) is 17.4 Å². The summed E-state index contributed by atoms with van der Waals surface area (Å²) >= 11 is 3.44. The van der Waals surface area contributed by atoms with Gasteiger partial charge in [0.25, 0.3) is 0 Å². The van der Waals surface area contributed by atoms with E-state index in [4.69, 9.17) is 4.74 Å². The molecule has 0 radical (unpaired) electrons. The molecule has 0 aromatic heterocycles. The van der Waals surface area contributed by atoms with Crippen molar-refractivity contribution in [3.8, 4) is 5.75 Å². The number of hydrogen-bond acceptors (Lipinski definition) is 3. The van der Waals surface area contributed by atoms with E-state index in [0.717, 1.165) is 21.9 Å². The number of hydrogen-bond donors (Lipinski definition) is 0. The SMILES string of the molecule is COc1ccc(CCC(=O)N2CCN(c3cccc(C(F)(F)F)c3)CC2)cc1Br. The van der Waals surface area contributed by atoms with Crippen LogP contribution in [0, 0.1) is 0 Å². The lowest BCUT2D eigenvalue weighted by molar-refractivity contribution is -0.137. The van der Waals surface area contributed by atoms with Crippen molar-refractivity contribution in [2.45, 2.75) is 19.0 Å². The zero-order valence-corrected chi connectivity index (χ0v) is 17.6. The first kappa shape index (κ1) is 21.5. The molecule has 0 saturated carbocycles. The van der Waals surface area contributed by atoms with Crippen LogP contribution >= 0.6 is 15.9 Å². The molecule has 1 amide bonds. The maximum Gasteiger partial charge on any atom is 0.416 e. The first-order chi connectivity index (χ1) is 13.8. The fourth-order valence-electron chi connectivity index (χ4n) is 3.37. The lowest BCUT2D eigenvalue weighted by Crippen LogP contribution is -2.48. The zero-order valence-electron chi connectivity index (χ0n) is 16.0. The van der Waals surface area contributed by atoms with Gasteiger partial charge in [-0.25, -0.2) is 0 Å². The molecule has 1 fully saturated rings. The predicted octanol–water partition coefficient (Wildman–Crippen LogP) is 4.76. The molecule has 0 N–H and O–H groups in total. The number of carbonyl (C=O) groups excluding carboxylic acids is 1. The van der Waals surface area contributed by atoms with Crippen molar-refractivity contribution in [3.63, 3.8) is 0 Å². The van der Waals surface area contributed by atoms with Crippen LogP contribution in [0.2, 0.25) is 0 Å². The molecule has 0 bridgehead atoms. The topological polar surface area (TPSA) is 32.8 Å². The van der Waals surface area contributed by atoms with Gasteiger partial charge in [-0.1, -0.05) is 12.1 Å². The normalized spacial score (nSPS) is 14.8. The Kier molecular flexibility index (Phi) is 6.72. The van der Waals surface area contributed by atoms with Crippen LogP contribution in [0.25, 0.3) is 0 Å². The number of nitrogens with zero attached hydrogens (tertiary/aromatic N) is 2. The van der Waals surface area contributed by atoms with E-state index in [1.165, 1.54) is 12.1 Å². The predicted molar refractivity (Wildman–Crippen MR) is 109 cm³/mol. The number of alkyl halides is 3. The van der Waals surface area contributed by atoms with E-state index in [9.17, 15) is 18.0 Å². The highest BCUT2D eigenvalue weighted by atomic mass is 79.9. The Morgan fingerprint density at radius 2 is 1.83 bits per heavy atom. The summed E-state index contributed by atoms with van der Waals surface area (Å²) in [6.45, 7) is 2.03.